The van der Waals surface area contributed by atoms with E-state index in [-0.39, 0.29) is 5.41 Å². The molecule has 0 bridgehead atoms. The van der Waals surface area contributed by atoms with Gasteiger partial charge < -0.3 is 9.47 Å². The molecule has 0 unspecified atom stereocenters. The molecule has 7 nitrogen and oxygen atoms in total. The molecule has 0 spiro atoms. The molecular formula is C21H23N5O2. The Kier molecular flexibility index (Phi) is 4.73. The average Bonchev–Trinajstić information content (AvgIpc) is 3.35. The molecule has 1 fully saturated rings. The summed E-state index contributed by atoms with van der Waals surface area (Å²) in [5, 5.41) is 14.0. The quantitative estimate of drug-likeness (QED) is 0.627. The molecule has 0 aliphatic heterocycles. The molecular weight excluding hydrogens is 354 g/mol. The zero-order valence-electron chi connectivity index (χ0n) is 16.3. The van der Waals surface area contributed by atoms with Gasteiger partial charge in [-0.3, -0.25) is 4.98 Å². The van der Waals surface area contributed by atoms with Crippen molar-refractivity contribution < 1.29 is 9.47 Å². The van der Waals surface area contributed by atoms with Crippen LogP contribution >= 0.6 is 0 Å². The summed E-state index contributed by atoms with van der Waals surface area (Å²) in [7, 11) is 1.62. The fourth-order valence-electron chi connectivity index (χ4n) is 3.26. The van der Waals surface area contributed by atoms with Crippen LogP contribution in [0.2, 0.25) is 0 Å². The Bertz CT molecular complexity index is 1050. The Hall–Kier alpha value is -2.98. The monoisotopic (exact) mass is 377 g/mol. The van der Waals surface area contributed by atoms with Crippen LogP contribution in [0.3, 0.4) is 0 Å². The van der Waals surface area contributed by atoms with Crippen molar-refractivity contribution in [1.29, 1.82) is 5.26 Å². The van der Waals surface area contributed by atoms with E-state index in [1.54, 1.807) is 30.1 Å². The van der Waals surface area contributed by atoms with Gasteiger partial charge in [0.2, 0.25) is 0 Å². The van der Waals surface area contributed by atoms with Crippen LogP contribution in [0.15, 0.2) is 30.6 Å². The predicted octanol–water partition coefficient (Wildman–Crippen LogP) is 3.38. The van der Waals surface area contributed by atoms with E-state index < -0.39 is 0 Å². The normalized spacial score (nSPS) is 15.0. The molecule has 0 amide bonds. The molecule has 7 heteroatoms. The number of rotatable bonds is 7. The van der Waals surface area contributed by atoms with Gasteiger partial charge in [0.25, 0.3) is 0 Å². The Balaban J connectivity index is 1.76. The fourth-order valence-corrected chi connectivity index (χ4v) is 3.26. The smallest absolute Gasteiger partial charge is 0.198 e. The van der Waals surface area contributed by atoms with Gasteiger partial charge in [-0.2, -0.15) is 5.26 Å². The number of fused-ring (bicyclic) bond motifs is 1. The molecule has 1 aliphatic carbocycles. The average molecular weight is 377 g/mol. The molecule has 0 N–H and O–H groups in total. The van der Waals surface area contributed by atoms with Crippen LogP contribution in [0, 0.1) is 17.2 Å². The van der Waals surface area contributed by atoms with Crippen molar-refractivity contribution in [1.82, 2.24) is 19.6 Å². The maximum atomic E-state index is 9.19. The predicted molar refractivity (Wildman–Crippen MR) is 104 cm³/mol. The van der Waals surface area contributed by atoms with E-state index >= 15 is 0 Å². The first-order chi connectivity index (χ1) is 13.6. The van der Waals surface area contributed by atoms with Gasteiger partial charge in [0.1, 0.15) is 6.07 Å². The van der Waals surface area contributed by atoms with Gasteiger partial charge in [0.15, 0.2) is 17.2 Å². The van der Waals surface area contributed by atoms with Crippen LogP contribution in [0.5, 0.6) is 5.75 Å². The fraction of sp³-hybridized carbons (Fsp3) is 0.429. The summed E-state index contributed by atoms with van der Waals surface area (Å²) in [6.07, 6.45) is 5.31. The third kappa shape index (κ3) is 3.32. The van der Waals surface area contributed by atoms with E-state index in [9.17, 15) is 5.26 Å². The highest BCUT2D eigenvalue weighted by atomic mass is 16.5. The van der Waals surface area contributed by atoms with Crippen molar-refractivity contribution in [2.24, 2.45) is 5.92 Å². The van der Waals surface area contributed by atoms with Crippen LogP contribution in [0.1, 0.15) is 38.1 Å². The number of nitrogens with zero attached hydrogens (tertiary/aromatic N) is 5. The zero-order valence-corrected chi connectivity index (χ0v) is 16.3. The van der Waals surface area contributed by atoms with Gasteiger partial charge in [-0.15, -0.1) is 5.10 Å². The van der Waals surface area contributed by atoms with Crippen molar-refractivity contribution in [3.05, 3.63) is 42.0 Å². The molecule has 0 atom stereocenters. The minimum atomic E-state index is -0.115. The Labute approximate surface area is 163 Å². The van der Waals surface area contributed by atoms with Gasteiger partial charge in [0, 0.05) is 24.6 Å². The number of nitriles is 1. The lowest BCUT2D eigenvalue weighted by Gasteiger charge is -2.13. The molecule has 0 aromatic carbocycles. The van der Waals surface area contributed by atoms with Gasteiger partial charge in [-0.1, -0.05) is 13.8 Å². The molecule has 144 valence electrons. The first-order valence-corrected chi connectivity index (χ1v) is 9.44. The Morgan fingerprint density at radius 2 is 2.11 bits per heavy atom. The number of ether oxygens (including phenoxy) is 2. The maximum Gasteiger partial charge on any atom is 0.198 e. The second-order valence-electron chi connectivity index (χ2n) is 7.72. The molecule has 3 heterocycles. The molecule has 4 rings (SSSR count). The summed E-state index contributed by atoms with van der Waals surface area (Å²) < 4.78 is 13.2. The third-order valence-electron chi connectivity index (χ3n) is 4.99. The minimum Gasteiger partial charge on any atom is -0.493 e. The second-order valence-corrected chi connectivity index (χ2v) is 7.72. The van der Waals surface area contributed by atoms with E-state index in [1.807, 2.05) is 12.1 Å². The lowest BCUT2D eigenvalue weighted by atomic mass is 10.1. The highest BCUT2D eigenvalue weighted by Crippen LogP contribution is 2.47. The standard InChI is InChI=1S/C21H23N5O2/c1-14(2)12-28-13-21(6-7-21)20-24-19-18(27-3)5-4-17(26(19)25-20)16-8-15(9-22)10-23-11-16/h4-5,8,10-11,14H,6-7,12-13H2,1-3H3. The van der Waals surface area contributed by atoms with E-state index in [1.165, 1.54) is 0 Å². The summed E-state index contributed by atoms with van der Waals surface area (Å²) in [6.45, 7) is 5.65. The molecule has 0 saturated heterocycles. The molecule has 3 aromatic rings. The largest absolute Gasteiger partial charge is 0.493 e. The highest BCUT2D eigenvalue weighted by Gasteiger charge is 2.48. The summed E-state index contributed by atoms with van der Waals surface area (Å²) in [4.78, 5) is 8.98. The van der Waals surface area contributed by atoms with Crippen LogP contribution < -0.4 is 4.74 Å². The Morgan fingerprint density at radius 1 is 1.29 bits per heavy atom. The van der Waals surface area contributed by atoms with Crippen LogP contribution in [-0.2, 0) is 10.2 Å². The van der Waals surface area contributed by atoms with Crippen LogP contribution in [0.4, 0.5) is 0 Å². The van der Waals surface area contributed by atoms with Crippen molar-refractivity contribution in [2.45, 2.75) is 32.1 Å². The molecule has 1 saturated carbocycles. The first-order valence-electron chi connectivity index (χ1n) is 9.44. The van der Waals surface area contributed by atoms with Crippen molar-refractivity contribution in [3.8, 4) is 23.1 Å². The van der Waals surface area contributed by atoms with Gasteiger partial charge in [-0.25, -0.2) is 9.50 Å². The zero-order chi connectivity index (χ0) is 19.7. The van der Waals surface area contributed by atoms with Crippen molar-refractivity contribution in [2.75, 3.05) is 20.3 Å². The molecule has 28 heavy (non-hydrogen) atoms. The first kappa shape index (κ1) is 18.4. The second kappa shape index (κ2) is 7.21. The van der Waals surface area contributed by atoms with E-state index in [4.69, 9.17) is 19.6 Å². The number of methoxy groups -OCH3 is 1. The lowest BCUT2D eigenvalue weighted by Crippen LogP contribution is -2.19. The number of hydrogen-bond donors (Lipinski definition) is 0. The maximum absolute atomic E-state index is 9.19. The number of pyridine rings is 2. The van der Waals surface area contributed by atoms with E-state index in [0.717, 1.165) is 36.5 Å². The van der Waals surface area contributed by atoms with Gasteiger partial charge in [0.05, 0.1) is 30.4 Å². The number of aromatic nitrogens is 4. The summed E-state index contributed by atoms with van der Waals surface area (Å²) in [5.74, 6) is 1.94. The molecule has 1 aliphatic rings. The topological polar surface area (TPSA) is 85.3 Å². The van der Waals surface area contributed by atoms with Crippen LogP contribution in [-0.4, -0.2) is 39.9 Å². The van der Waals surface area contributed by atoms with Crippen LogP contribution in [0.25, 0.3) is 16.9 Å². The summed E-state index contributed by atoms with van der Waals surface area (Å²) in [6, 6.07) is 7.72. The lowest BCUT2D eigenvalue weighted by molar-refractivity contribution is 0.0897. The summed E-state index contributed by atoms with van der Waals surface area (Å²) in [5.41, 5.74) is 2.67. The molecule has 0 radical (unpaired) electrons. The third-order valence-corrected chi connectivity index (χ3v) is 4.99. The summed E-state index contributed by atoms with van der Waals surface area (Å²) >= 11 is 0. The van der Waals surface area contributed by atoms with E-state index in [2.05, 4.69) is 24.9 Å². The van der Waals surface area contributed by atoms with Gasteiger partial charge >= 0.3 is 0 Å². The Morgan fingerprint density at radius 3 is 2.79 bits per heavy atom. The van der Waals surface area contributed by atoms with Crippen molar-refractivity contribution >= 4 is 5.65 Å². The number of hydrogen-bond acceptors (Lipinski definition) is 6. The minimum absolute atomic E-state index is 0.115. The van der Waals surface area contributed by atoms with E-state index in [0.29, 0.717) is 29.5 Å². The van der Waals surface area contributed by atoms with Gasteiger partial charge in [-0.05, 0) is 37.0 Å². The SMILES string of the molecule is COc1ccc(-c2cncc(C#N)c2)n2nc(C3(COCC(C)C)CC3)nc12. The molecule has 3 aromatic heterocycles. The highest BCUT2D eigenvalue weighted by molar-refractivity contribution is 5.67. The van der Waals surface area contributed by atoms with Crippen molar-refractivity contribution in [3.63, 3.8) is 0 Å².